The third kappa shape index (κ3) is 4.83. The van der Waals surface area contributed by atoms with Crippen molar-refractivity contribution in [3.05, 3.63) is 29.3 Å². The molecule has 0 saturated heterocycles. The summed E-state index contributed by atoms with van der Waals surface area (Å²) < 4.78 is 66.0. The lowest BCUT2D eigenvalue weighted by Crippen LogP contribution is -2.52. The number of hydrogen-bond donors (Lipinski definition) is 2. The maximum atomic E-state index is 13.0. The van der Waals surface area contributed by atoms with Crippen LogP contribution in [-0.2, 0) is 16.2 Å². The predicted molar refractivity (Wildman–Crippen MR) is 86.1 cm³/mol. The Labute approximate surface area is 145 Å². The number of rotatable bonds is 6. The molecule has 0 atom stereocenters. The first kappa shape index (κ1) is 22.7. The van der Waals surface area contributed by atoms with Gasteiger partial charge >= 0.3 is 6.18 Å². The van der Waals surface area contributed by atoms with Crippen LogP contribution in [0.5, 0.6) is 0 Å². The highest BCUT2D eigenvalue weighted by Crippen LogP contribution is 2.33. The number of alkyl halides is 3. The molecular weight excluding hydrogens is 367 g/mol. The van der Waals surface area contributed by atoms with Crippen LogP contribution in [0.25, 0.3) is 0 Å². The molecule has 0 fully saturated rings. The van der Waals surface area contributed by atoms with Crippen molar-refractivity contribution in [1.82, 2.24) is 4.72 Å². The highest BCUT2D eigenvalue weighted by Gasteiger charge is 2.36. The zero-order valence-electron chi connectivity index (χ0n) is 13.1. The zero-order chi connectivity index (χ0) is 17.9. The molecule has 0 radical (unpaired) electrons. The summed E-state index contributed by atoms with van der Waals surface area (Å²) in [6.07, 6.45) is -4.04. The Balaban J connectivity index is 0.00000529. The van der Waals surface area contributed by atoms with Crippen LogP contribution in [0.3, 0.4) is 0 Å². The molecular formula is C14H19ClF3N3O2S. The van der Waals surface area contributed by atoms with E-state index in [1.54, 1.807) is 13.8 Å². The van der Waals surface area contributed by atoms with Gasteiger partial charge in [-0.25, -0.2) is 13.1 Å². The van der Waals surface area contributed by atoms with E-state index >= 15 is 0 Å². The zero-order valence-corrected chi connectivity index (χ0v) is 14.8. The molecule has 24 heavy (non-hydrogen) atoms. The Hall–Kier alpha value is -1.34. The molecule has 1 aromatic carbocycles. The number of nitrogens with two attached hydrogens (primary N) is 1. The van der Waals surface area contributed by atoms with Gasteiger partial charge in [-0.3, -0.25) is 0 Å². The molecule has 0 heterocycles. The van der Waals surface area contributed by atoms with Crippen molar-refractivity contribution in [3.63, 3.8) is 0 Å². The highest BCUT2D eigenvalue weighted by atomic mass is 35.5. The van der Waals surface area contributed by atoms with Crippen LogP contribution in [0, 0.1) is 11.3 Å². The number of nitriles is 1. The van der Waals surface area contributed by atoms with Crippen LogP contribution in [0.4, 0.5) is 13.2 Å². The second-order valence-electron chi connectivity index (χ2n) is 5.11. The summed E-state index contributed by atoms with van der Waals surface area (Å²) in [6.45, 7) is 3.49. The Kier molecular flexibility index (Phi) is 7.70. The third-order valence-corrected chi connectivity index (χ3v) is 5.40. The van der Waals surface area contributed by atoms with Crippen molar-refractivity contribution in [2.45, 2.75) is 43.3 Å². The maximum Gasteiger partial charge on any atom is 0.417 e. The standard InChI is InChI=1S/C14H18F3N3O2S.ClH/c1-3-13(4-2,9-19)20-23(21,22)11-6-5-10(8-18)12(7-11)14(15,16)17;/h5-7,20H,3-4,9,19H2,1-2H3;1H. The van der Waals surface area contributed by atoms with Crippen LogP contribution in [-0.4, -0.2) is 20.5 Å². The molecule has 0 bridgehead atoms. The average Bonchev–Trinajstić information content (AvgIpc) is 2.51. The molecule has 0 aliphatic carbocycles. The summed E-state index contributed by atoms with van der Waals surface area (Å²) in [5.41, 5.74) is 2.77. The van der Waals surface area contributed by atoms with E-state index in [2.05, 4.69) is 4.72 Å². The molecule has 3 N–H and O–H groups in total. The van der Waals surface area contributed by atoms with Gasteiger partial charge in [0, 0.05) is 12.1 Å². The molecule has 1 aromatic rings. The van der Waals surface area contributed by atoms with Gasteiger partial charge in [0.2, 0.25) is 10.0 Å². The largest absolute Gasteiger partial charge is 0.417 e. The minimum Gasteiger partial charge on any atom is -0.329 e. The van der Waals surface area contributed by atoms with E-state index in [1.807, 2.05) is 0 Å². The van der Waals surface area contributed by atoms with E-state index in [9.17, 15) is 21.6 Å². The van der Waals surface area contributed by atoms with E-state index in [0.29, 0.717) is 18.9 Å². The Bertz CT molecular complexity index is 703. The molecule has 0 unspecified atom stereocenters. The van der Waals surface area contributed by atoms with Gasteiger partial charge in [-0.05, 0) is 31.0 Å². The Morgan fingerprint density at radius 1 is 1.25 bits per heavy atom. The average molecular weight is 386 g/mol. The SMILES string of the molecule is CCC(CC)(CN)NS(=O)(=O)c1ccc(C#N)c(C(F)(F)F)c1.Cl. The Morgan fingerprint density at radius 3 is 2.17 bits per heavy atom. The summed E-state index contributed by atoms with van der Waals surface area (Å²) >= 11 is 0. The number of nitrogens with one attached hydrogen (secondary N) is 1. The first-order valence-electron chi connectivity index (χ1n) is 6.90. The van der Waals surface area contributed by atoms with E-state index in [0.717, 1.165) is 12.1 Å². The van der Waals surface area contributed by atoms with Crippen molar-refractivity contribution in [3.8, 4) is 6.07 Å². The number of benzene rings is 1. The third-order valence-electron chi connectivity index (χ3n) is 3.82. The van der Waals surface area contributed by atoms with Gasteiger partial charge in [0.25, 0.3) is 0 Å². The van der Waals surface area contributed by atoms with Crippen LogP contribution in [0.1, 0.15) is 37.8 Å². The second kappa shape index (κ2) is 8.16. The quantitative estimate of drug-likeness (QED) is 0.786. The second-order valence-corrected chi connectivity index (χ2v) is 6.80. The van der Waals surface area contributed by atoms with Gasteiger partial charge in [-0.2, -0.15) is 18.4 Å². The fraction of sp³-hybridized carbons (Fsp3) is 0.500. The van der Waals surface area contributed by atoms with Crippen molar-refractivity contribution >= 4 is 22.4 Å². The summed E-state index contributed by atoms with van der Waals surface area (Å²) in [5, 5.41) is 8.74. The highest BCUT2D eigenvalue weighted by molar-refractivity contribution is 7.89. The lowest BCUT2D eigenvalue weighted by molar-refractivity contribution is -0.137. The fourth-order valence-corrected chi connectivity index (χ4v) is 3.67. The fourth-order valence-electron chi connectivity index (χ4n) is 2.09. The van der Waals surface area contributed by atoms with Gasteiger partial charge in [0.15, 0.2) is 0 Å². The first-order valence-corrected chi connectivity index (χ1v) is 8.39. The van der Waals surface area contributed by atoms with E-state index in [-0.39, 0.29) is 19.0 Å². The number of hydrogen-bond acceptors (Lipinski definition) is 4. The number of nitrogens with zero attached hydrogens (tertiary/aromatic N) is 1. The lowest BCUT2D eigenvalue weighted by Gasteiger charge is -2.31. The smallest absolute Gasteiger partial charge is 0.329 e. The van der Waals surface area contributed by atoms with Gasteiger partial charge in [-0.15, -0.1) is 12.4 Å². The van der Waals surface area contributed by atoms with Crippen LogP contribution in [0.15, 0.2) is 23.1 Å². The van der Waals surface area contributed by atoms with Crippen LogP contribution in [0.2, 0.25) is 0 Å². The molecule has 0 spiro atoms. The van der Waals surface area contributed by atoms with Gasteiger partial charge in [0.05, 0.1) is 22.1 Å². The summed E-state index contributed by atoms with van der Waals surface area (Å²) in [6, 6.07) is 3.69. The molecule has 0 aliphatic rings. The molecule has 1 rings (SSSR count). The summed E-state index contributed by atoms with van der Waals surface area (Å²) in [7, 11) is -4.20. The van der Waals surface area contributed by atoms with Gasteiger partial charge in [-0.1, -0.05) is 13.8 Å². The molecule has 136 valence electrons. The minimum absolute atomic E-state index is 0. The van der Waals surface area contributed by atoms with Gasteiger partial charge < -0.3 is 5.73 Å². The monoisotopic (exact) mass is 385 g/mol. The first-order chi connectivity index (χ1) is 10.5. The molecule has 0 aromatic heterocycles. The maximum absolute atomic E-state index is 13.0. The van der Waals surface area contributed by atoms with Crippen molar-refractivity contribution in [2.75, 3.05) is 6.54 Å². The summed E-state index contributed by atoms with van der Waals surface area (Å²) in [4.78, 5) is -0.552. The molecule has 0 saturated carbocycles. The molecule has 0 amide bonds. The van der Waals surface area contributed by atoms with E-state index in [1.165, 1.54) is 6.07 Å². The normalized spacial score (nSPS) is 12.4. The molecule has 0 aliphatic heterocycles. The van der Waals surface area contributed by atoms with E-state index in [4.69, 9.17) is 11.0 Å². The van der Waals surface area contributed by atoms with Crippen molar-refractivity contribution < 1.29 is 21.6 Å². The lowest BCUT2D eigenvalue weighted by atomic mass is 9.95. The number of sulfonamides is 1. The molecule has 10 heteroatoms. The van der Waals surface area contributed by atoms with Crippen LogP contribution >= 0.6 is 12.4 Å². The Morgan fingerprint density at radius 2 is 1.79 bits per heavy atom. The number of halogens is 4. The van der Waals surface area contributed by atoms with Gasteiger partial charge in [0.1, 0.15) is 0 Å². The van der Waals surface area contributed by atoms with Crippen molar-refractivity contribution in [1.29, 1.82) is 5.26 Å². The molecule has 5 nitrogen and oxygen atoms in total. The predicted octanol–water partition coefficient (Wildman–Crippen LogP) is 2.79. The minimum atomic E-state index is -4.82. The van der Waals surface area contributed by atoms with Crippen LogP contribution < -0.4 is 10.5 Å². The van der Waals surface area contributed by atoms with E-state index < -0.39 is 37.8 Å². The summed E-state index contributed by atoms with van der Waals surface area (Å²) in [5.74, 6) is 0. The van der Waals surface area contributed by atoms with Crippen molar-refractivity contribution in [2.24, 2.45) is 5.73 Å². The topological polar surface area (TPSA) is 96.0 Å².